The van der Waals surface area contributed by atoms with Crippen molar-refractivity contribution in [2.75, 3.05) is 10.7 Å². The van der Waals surface area contributed by atoms with E-state index in [1.54, 1.807) is 30.5 Å². The third-order valence-corrected chi connectivity index (χ3v) is 6.06. The lowest BCUT2D eigenvalue weighted by molar-refractivity contribution is 0.0997. The molecule has 3 aromatic carbocycles. The second-order valence-corrected chi connectivity index (χ2v) is 8.93. The number of hydrazone groups is 1. The SMILES string of the molecule is O=C(Nc1sc(N/N=C\c2cccc(Oc3ccccc3)c2)nc1-c1ccc(Cl)cc1)c1ccco1. The fourth-order valence-electron chi connectivity index (χ4n) is 3.27. The molecular weight excluding hydrogens is 496 g/mol. The van der Waals surface area contributed by atoms with E-state index in [1.165, 1.54) is 17.6 Å². The minimum Gasteiger partial charge on any atom is -0.459 e. The Bertz CT molecular complexity index is 1480. The fourth-order valence-corrected chi connectivity index (χ4v) is 4.23. The van der Waals surface area contributed by atoms with Crippen LogP contribution >= 0.6 is 22.9 Å². The van der Waals surface area contributed by atoms with Gasteiger partial charge in [0.15, 0.2) is 5.76 Å². The van der Waals surface area contributed by atoms with Crippen LogP contribution in [0, 0.1) is 0 Å². The molecule has 5 rings (SSSR count). The molecule has 2 aromatic heterocycles. The number of benzene rings is 3. The van der Waals surface area contributed by atoms with Crippen LogP contribution in [0.1, 0.15) is 16.1 Å². The van der Waals surface area contributed by atoms with Gasteiger partial charge in [-0.3, -0.25) is 10.2 Å². The number of furan rings is 1. The zero-order chi connectivity index (χ0) is 24.7. The van der Waals surface area contributed by atoms with Gasteiger partial charge in [-0.25, -0.2) is 4.98 Å². The van der Waals surface area contributed by atoms with Crippen LogP contribution in [0.4, 0.5) is 10.1 Å². The predicted octanol–water partition coefficient (Wildman–Crippen LogP) is 7.55. The molecule has 0 atom stereocenters. The van der Waals surface area contributed by atoms with Gasteiger partial charge in [-0.2, -0.15) is 5.10 Å². The van der Waals surface area contributed by atoms with Gasteiger partial charge in [-0.1, -0.05) is 65.4 Å². The van der Waals surface area contributed by atoms with Crippen molar-refractivity contribution >= 4 is 45.2 Å². The van der Waals surface area contributed by atoms with Gasteiger partial charge in [0.1, 0.15) is 22.2 Å². The fraction of sp³-hybridized carbons (Fsp3) is 0. The minimum atomic E-state index is -0.371. The number of para-hydroxylation sites is 1. The van der Waals surface area contributed by atoms with Crippen molar-refractivity contribution < 1.29 is 13.9 Å². The number of thiazole rings is 1. The normalized spacial score (nSPS) is 10.9. The van der Waals surface area contributed by atoms with Gasteiger partial charge in [0.05, 0.1) is 12.5 Å². The largest absolute Gasteiger partial charge is 0.459 e. The number of aromatic nitrogens is 1. The Kier molecular flexibility index (Phi) is 7.07. The summed E-state index contributed by atoms with van der Waals surface area (Å²) in [4.78, 5) is 17.2. The molecule has 0 bridgehead atoms. The van der Waals surface area contributed by atoms with E-state index in [0.717, 1.165) is 16.9 Å². The Hall–Kier alpha value is -4.40. The third-order valence-electron chi connectivity index (χ3n) is 4.93. The van der Waals surface area contributed by atoms with Crippen molar-refractivity contribution in [3.8, 4) is 22.8 Å². The lowest BCUT2D eigenvalue weighted by Gasteiger charge is -2.05. The van der Waals surface area contributed by atoms with Crippen LogP contribution in [-0.4, -0.2) is 17.1 Å². The average Bonchev–Trinajstić information content (AvgIpc) is 3.56. The molecule has 0 aliphatic carbocycles. The van der Waals surface area contributed by atoms with Crippen LogP contribution in [0.2, 0.25) is 5.02 Å². The van der Waals surface area contributed by atoms with Crippen molar-refractivity contribution in [1.82, 2.24) is 4.98 Å². The number of rotatable bonds is 8. The van der Waals surface area contributed by atoms with Gasteiger partial charge >= 0.3 is 0 Å². The molecule has 0 aliphatic rings. The lowest BCUT2D eigenvalue weighted by Crippen LogP contribution is -2.10. The van der Waals surface area contributed by atoms with Crippen LogP contribution < -0.4 is 15.5 Å². The molecule has 0 unspecified atom stereocenters. The topological polar surface area (TPSA) is 88.8 Å². The van der Waals surface area contributed by atoms with E-state index in [4.69, 9.17) is 20.8 Å². The molecule has 7 nitrogen and oxygen atoms in total. The van der Waals surface area contributed by atoms with Gasteiger partial charge < -0.3 is 14.5 Å². The number of ether oxygens (including phenoxy) is 1. The molecule has 0 spiro atoms. The molecule has 5 aromatic rings. The van der Waals surface area contributed by atoms with Crippen molar-refractivity contribution in [2.45, 2.75) is 0 Å². The number of nitrogens with zero attached hydrogens (tertiary/aromatic N) is 2. The minimum absolute atomic E-state index is 0.204. The molecule has 0 radical (unpaired) electrons. The zero-order valence-electron chi connectivity index (χ0n) is 18.7. The predicted molar refractivity (Wildman–Crippen MR) is 143 cm³/mol. The summed E-state index contributed by atoms with van der Waals surface area (Å²) in [5, 5.41) is 8.84. The zero-order valence-corrected chi connectivity index (χ0v) is 20.3. The van der Waals surface area contributed by atoms with Gasteiger partial charge in [0.25, 0.3) is 5.91 Å². The Morgan fingerprint density at radius 1 is 0.972 bits per heavy atom. The van der Waals surface area contributed by atoms with Crippen LogP contribution in [-0.2, 0) is 0 Å². The molecule has 9 heteroatoms. The summed E-state index contributed by atoms with van der Waals surface area (Å²) in [6, 6.07) is 27.6. The van der Waals surface area contributed by atoms with E-state index < -0.39 is 0 Å². The van der Waals surface area contributed by atoms with Crippen molar-refractivity contribution in [3.05, 3.63) is 114 Å². The summed E-state index contributed by atoms with van der Waals surface area (Å²) in [6.07, 6.45) is 3.12. The maximum absolute atomic E-state index is 12.6. The molecule has 0 fully saturated rings. The number of hydrogen-bond acceptors (Lipinski definition) is 7. The molecule has 0 saturated carbocycles. The molecule has 0 saturated heterocycles. The van der Waals surface area contributed by atoms with Crippen LogP contribution in [0.25, 0.3) is 11.3 Å². The number of carbonyl (C=O) groups excluding carboxylic acids is 1. The maximum Gasteiger partial charge on any atom is 0.292 e. The monoisotopic (exact) mass is 514 g/mol. The van der Waals surface area contributed by atoms with Gasteiger partial charge in [-0.15, -0.1) is 0 Å². The number of carbonyl (C=O) groups is 1. The molecule has 2 heterocycles. The Labute approximate surface area is 216 Å². The molecule has 1 amide bonds. The number of hydrogen-bond donors (Lipinski definition) is 2. The third kappa shape index (κ3) is 5.80. The van der Waals surface area contributed by atoms with Crippen LogP contribution in [0.15, 0.2) is 107 Å². The highest BCUT2D eigenvalue weighted by Crippen LogP contribution is 2.36. The Morgan fingerprint density at radius 2 is 1.78 bits per heavy atom. The van der Waals surface area contributed by atoms with E-state index in [2.05, 4.69) is 20.8 Å². The van der Waals surface area contributed by atoms with Gasteiger partial charge in [0.2, 0.25) is 5.13 Å². The van der Waals surface area contributed by atoms with E-state index in [-0.39, 0.29) is 11.7 Å². The highest BCUT2D eigenvalue weighted by Gasteiger charge is 2.17. The number of amides is 1. The van der Waals surface area contributed by atoms with Crippen molar-refractivity contribution in [2.24, 2.45) is 5.10 Å². The smallest absolute Gasteiger partial charge is 0.292 e. The highest BCUT2D eigenvalue weighted by molar-refractivity contribution is 7.20. The first kappa shape index (κ1) is 23.3. The van der Waals surface area contributed by atoms with Gasteiger partial charge in [0, 0.05) is 10.6 Å². The first-order valence-corrected chi connectivity index (χ1v) is 12.1. The van der Waals surface area contributed by atoms with E-state index in [9.17, 15) is 4.79 Å². The Morgan fingerprint density at radius 3 is 2.56 bits per heavy atom. The standard InChI is InChI=1S/C27H19ClN4O3S/c28-20-13-11-19(12-14-20)24-26(31-25(33)23-10-5-15-34-23)36-27(30-24)32-29-17-18-6-4-9-22(16-18)35-21-7-2-1-3-8-21/h1-17H,(H,30,32)(H,31,33)/b29-17-. The van der Waals surface area contributed by atoms with Gasteiger partial charge in [-0.05, 0) is 54.1 Å². The van der Waals surface area contributed by atoms with Crippen molar-refractivity contribution in [1.29, 1.82) is 0 Å². The summed E-state index contributed by atoms with van der Waals surface area (Å²) in [6.45, 7) is 0. The summed E-state index contributed by atoms with van der Waals surface area (Å²) in [5.74, 6) is 1.29. The summed E-state index contributed by atoms with van der Waals surface area (Å²) < 4.78 is 11.1. The number of nitrogens with one attached hydrogen (secondary N) is 2. The first-order valence-electron chi connectivity index (χ1n) is 10.9. The van der Waals surface area contributed by atoms with E-state index in [1.807, 2.05) is 66.7 Å². The van der Waals surface area contributed by atoms with Crippen LogP contribution in [0.3, 0.4) is 0 Å². The summed E-state index contributed by atoms with van der Waals surface area (Å²) >= 11 is 7.30. The molecule has 2 N–H and O–H groups in total. The second kappa shape index (κ2) is 10.9. The average molecular weight is 515 g/mol. The molecule has 0 aliphatic heterocycles. The molecular formula is C27H19ClN4O3S. The van der Waals surface area contributed by atoms with Crippen molar-refractivity contribution in [3.63, 3.8) is 0 Å². The first-order chi connectivity index (χ1) is 17.6. The van der Waals surface area contributed by atoms with E-state index >= 15 is 0 Å². The number of halogens is 1. The van der Waals surface area contributed by atoms with Crippen LogP contribution in [0.5, 0.6) is 11.5 Å². The maximum atomic E-state index is 12.6. The molecule has 36 heavy (non-hydrogen) atoms. The number of anilines is 2. The summed E-state index contributed by atoms with van der Waals surface area (Å²) in [7, 11) is 0. The second-order valence-electron chi connectivity index (χ2n) is 7.49. The Balaban J connectivity index is 1.33. The molecule has 178 valence electrons. The lowest BCUT2D eigenvalue weighted by atomic mass is 10.1. The quantitative estimate of drug-likeness (QED) is 0.165. The highest BCUT2D eigenvalue weighted by atomic mass is 35.5. The summed E-state index contributed by atoms with van der Waals surface area (Å²) in [5.41, 5.74) is 5.18. The van der Waals surface area contributed by atoms with E-state index in [0.29, 0.717) is 26.6 Å².